The maximum atomic E-state index is 6.16. The molecule has 1 aliphatic rings. The normalized spacial score (nSPS) is 44.4. The summed E-state index contributed by atoms with van der Waals surface area (Å²) in [6, 6.07) is 0.147. The van der Waals surface area contributed by atoms with E-state index in [-0.39, 0.29) is 11.6 Å². The van der Waals surface area contributed by atoms with Gasteiger partial charge in [0.25, 0.3) is 0 Å². The van der Waals surface area contributed by atoms with Crippen LogP contribution in [0, 0.1) is 5.92 Å². The summed E-state index contributed by atoms with van der Waals surface area (Å²) in [6.45, 7) is 4.26. The second-order valence-corrected chi connectivity index (χ2v) is 3.59. The highest BCUT2D eigenvalue weighted by atomic mass is 14.8. The molecule has 11 heavy (non-hydrogen) atoms. The Morgan fingerprint density at radius 3 is 2.73 bits per heavy atom. The molecular weight excluding hydrogens is 136 g/mol. The monoisotopic (exact) mass is 154 g/mol. The lowest BCUT2D eigenvalue weighted by molar-refractivity contribution is 0.250. The van der Waals surface area contributed by atoms with Crippen LogP contribution in [0.4, 0.5) is 0 Å². The molecular formula is C9H18N2. The van der Waals surface area contributed by atoms with Crippen LogP contribution in [0.2, 0.25) is 0 Å². The Labute approximate surface area is 68.6 Å². The van der Waals surface area contributed by atoms with Gasteiger partial charge in [-0.15, -0.1) is 0 Å². The first kappa shape index (κ1) is 8.75. The van der Waals surface area contributed by atoms with Gasteiger partial charge in [-0.05, 0) is 18.8 Å². The van der Waals surface area contributed by atoms with E-state index in [1.807, 2.05) is 0 Å². The Morgan fingerprint density at radius 2 is 2.27 bits per heavy atom. The van der Waals surface area contributed by atoms with Crippen LogP contribution in [0.5, 0.6) is 0 Å². The molecule has 0 aromatic heterocycles. The van der Waals surface area contributed by atoms with Crippen LogP contribution in [-0.2, 0) is 0 Å². The van der Waals surface area contributed by atoms with Gasteiger partial charge in [0.2, 0.25) is 0 Å². The van der Waals surface area contributed by atoms with E-state index in [9.17, 15) is 0 Å². The number of nitrogens with two attached hydrogens (primary N) is 2. The summed E-state index contributed by atoms with van der Waals surface area (Å²) in [5.74, 6) is 0.400. The molecule has 0 amide bonds. The van der Waals surface area contributed by atoms with Crippen molar-refractivity contribution in [2.45, 2.75) is 38.3 Å². The zero-order valence-electron chi connectivity index (χ0n) is 7.38. The average molecular weight is 154 g/mol. The SMILES string of the molecule is CCC1(N)CC=CC(N)C1C. The molecule has 1 aliphatic carbocycles. The molecule has 0 heterocycles. The van der Waals surface area contributed by atoms with Crippen molar-refractivity contribution < 1.29 is 0 Å². The minimum atomic E-state index is -0.0613. The summed E-state index contributed by atoms with van der Waals surface area (Å²) in [6.07, 6.45) is 6.14. The van der Waals surface area contributed by atoms with Crippen LogP contribution in [0.3, 0.4) is 0 Å². The Hall–Kier alpha value is -0.340. The Balaban J connectivity index is 2.77. The molecule has 64 valence electrons. The third kappa shape index (κ3) is 1.47. The van der Waals surface area contributed by atoms with Crippen LogP contribution >= 0.6 is 0 Å². The van der Waals surface area contributed by atoms with Crippen LogP contribution in [0.15, 0.2) is 12.2 Å². The topological polar surface area (TPSA) is 52.0 Å². The van der Waals surface area contributed by atoms with Crippen LogP contribution in [0.1, 0.15) is 26.7 Å². The molecule has 0 saturated heterocycles. The summed E-state index contributed by atoms with van der Waals surface area (Å²) >= 11 is 0. The van der Waals surface area contributed by atoms with Crippen molar-refractivity contribution in [2.24, 2.45) is 17.4 Å². The van der Waals surface area contributed by atoms with Crippen LogP contribution in [0.25, 0.3) is 0 Å². The lowest BCUT2D eigenvalue weighted by atomic mass is 9.74. The third-order valence-corrected chi connectivity index (χ3v) is 3.00. The van der Waals surface area contributed by atoms with Gasteiger partial charge in [-0.25, -0.2) is 0 Å². The van der Waals surface area contributed by atoms with E-state index in [4.69, 9.17) is 11.5 Å². The number of hydrogen-bond donors (Lipinski definition) is 2. The highest BCUT2D eigenvalue weighted by molar-refractivity contribution is 5.10. The second kappa shape index (κ2) is 2.95. The zero-order chi connectivity index (χ0) is 8.48. The summed E-state index contributed by atoms with van der Waals surface area (Å²) in [5, 5.41) is 0. The van der Waals surface area contributed by atoms with Crippen molar-refractivity contribution in [1.82, 2.24) is 0 Å². The minimum absolute atomic E-state index is 0.0613. The van der Waals surface area contributed by atoms with Crippen molar-refractivity contribution in [3.8, 4) is 0 Å². The summed E-state index contributed by atoms with van der Waals surface area (Å²) in [5.41, 5.74) is 12.0. The first-order chi connectivity index (χ1) is 5.10. The van der Waals surface area contributed by atoms with Gasteiger partial charge in [0.05, 0.1) is 0 Å². The molecule has 2 heteroatoms. The highest BCUT2D eigenvalue weighted by Gasteiger charge is 2.34. The summed E-state index contributed by atoms with van der Waals surface area (Å²) in [7, 11) is 0. The smallest absolute Gasteiger partial charge is 0.0267 e. The van der Waals surface area contributed by atoms with E-state index in [1.165, 1.54) is 0 Å². The number of hydrogen-bond acceptors (Lipinski definition) is 2. The molecule has 4 N–H and O–H groups in total. The Bertz CT molecular complexity index is 165. The minimum Gasteiger partial charge on any atom is -0.325 e. The van der Waals surface area contributed by atoms with Gasteiger partial charge < -0.3 is 11.5 Å². The van der Waals surface area contributed by atoms with Gasteiger partial charge in [0.1, 0.15) is 0 Å². The van der Waals surface area contributed by atoms with Gasteiger partial charge in [-0.2, -0.15) is 0 Å². The fraction of sp³-hybridized carbons (Fsp3) is 0.778. The van der Waals surface area contributed by atoms with Crippen molar-refractivity contribution in [3.63, 3.8) is 0 Å². The molecule has 0 aromatic rings. The molecule has 0 spiro atoms. The maximum Gasteiger partial charge on any atom is 0.0267 e. The van der Waals surface area contributed by atoms with Gasteiger partial charge in [-0.1, -0.05) is 26.0 Å². The highest BCUT2D eigenvalue weighted by Crippen LogP contribution is 2.28. The first-order valence-corrected chi connectivity index (χ1v) is 4.31. The molecule has 2 nitrogen and oxygen atoms in total. The van der Waals surface area contributed by atoms with Crippen molar-refractivity contribution in [3.05, 3.63) is 12.2 Å². The lowest BCUT2D eigenvalue weighted by Gasteiger charge is -2.39. The summed E-state index contributed by atoms with van der Waals surface area (Å²) in [4.78, 5) is 0. The second-order valence-electron chi connectivity index (χ2n) is 3.59. The number of rotatable bonds is 1. The molecule has 0 aromatic carbocycles. The predicted molar refractivity (Wildman–Crippen MR) is 48.1 cm³/mol. The molecule has 3 atom stereocenters. The maximum absolute atomic E-state index is 6.16. The van der Waals surface area contributed by atoms with Crippen LogP contribution < -0.4 is 11.5 Å². The predicted octanol–water partition coefficient (Wildman–Crippen LogP) is 1.02. The quantitative estimate of drug-likeness (QED) is 0.554. The zero-order valence-corrected chi connectivity index (χ0v) is 7.38. The lowest BCUT2D eigenvalue weighted by Crippen LogP contribution is -2.53. The van der Waals surface area contributed by atoms with E-state index < -0.39 is 0 Å². The first-order valence-electron chi connectivity index (χ1n) is 4.31. The van der Waals surface area contributed by atoms with Crippen molar-refractivity contribution in [1.29, 1.82) is 0 Å². The molecule has 0 fully saturated rings. The molecule has 0 aliphatic heterocycles. The van der Waals surface area contributed by atoms with Crippen molar-refractivity contribution >= 4 is 0 Å². The van der Waals surface area contributed by atoms with E-state index in [2.05, 4.69) is 26.0 Å². The molecule has 0 bridgehead atoms. The molecule has 0 radical (unpaired) electrons. The largest absolute Gasteiger partial charge is 0.325 e. The van der Waals surface area contributed by atoms with Crippen LogP contribution in [-0.4, -0.2) is 11.6 Å². The molecule has 3 unspecified atom stereocenters. The van der Waals surface area contributed by atoms with Gasteiger partial charge in [-0.3, -0.25) is 0 Å². The average Bonchev–Trinajstić information content (AvgIpc) is 2.00. The third-order valence-electron chi connectivity index (χ3n) is 3.00. The Morgan fingerprint density at radius 1 is 1.64 bits per heavy atom. The Kier molecular flexibility index (Phi) is 2.35. The van der Waals surface area contributed by atoms with Crippen molar-refractivity contribution in [2.75, 3.05) is 0 Å². The van der Waals surface area contributed by atoms with E-state index in [0.717, 1.165) is 12.8 Å². The van der Waals surface area contributed by atoms with Gasteiger partial charge in [0, 0.05) is 11.6 Å². The molecule has 1 rings (SSSR count). The van der Waals surface area contributed by atoms with Gasteiger partial charge >= 0.3 is 0 Å². The fourth-order valence-electron chi connectivity index (χ4n) is 1.65. The fourth-order valence-corrected chi connectivity index (χ4v) is 1.65. The summed E-state index contributed by atoms with van der Waals surface area (Å²) < 4.78 is 0. The van der Waals surface area contributed by atoms with Gasteiger partial charge in [0.15, 0.2) is 0 Å². The standard InChI is InChI=1S/C9H18N2/c1-3-9(11)6-4-5-8(10)7(9)2/h4-5,7-8H,3,6,10-11H2,1-2H3. The molecule has 0 saturated carbocycles. The van der Waals surface area contributed by atoms with E-state index in [0.29, 0.717) is 5.92 Å². The van der Waals surface area contributed by atoms with E-state index in [1.54, 1.807) is 0 Å². The van der Waals surface area contributed by atoms with E-state index >= 15 is 0 Å².